The van der Waals surface area contributed by atoms with E-state index in [1.54, 1.807) is 11.1 Å². The van der Waals surface area contributed by atoms with Gasteiger partial charge in [0.2, 0.25) is 0 Å². The predicted octanol–water partition coefficient (Wildman–Crippen LogP) is 2.28. The summed E-state index contributed by atoms with van der Waals surface area (Å²) in [7, 11) is 0. The standard InChI is InChI=1S/C16H23N3/c1-3-10(2)19-16(17)18-9-14-13-8-11-6-4-5-7-12(11)15(13)14/h4-7,10,13-15H,3,8-9H2,1-2H3,(H3,17,18,19). The number of benzene rings is 1. The van der Waals surface area contributed by atoms with Gasteiger partial charge in [-0.3, -0.25) is 4.99 Å². The second-order valence-electron chi connectivity index (χ2n) is 5.94. The van der Waals surface area contributed by atoms with Crippen LogP contribution in [0.15, 0.2) is 29.3 Å². The van der Waals surface area contributed by atoms with Gasteiger partial charge in [0.05, 0.1) is 0 Å². The second kappa shape index (κ2) is 4.87. The van der Waals surface area contributed by atoms with Crippen LogP contribution in [0, 0.1) is 11.8 Å². The molecule has 0 aliphatic heterocycles. The summed E-state index contributed by atoms with van der Waals surface area (Å²) in [5, 5.41) is 3.23. The summed E-state index contributed by atoms with van der Waals surface area (Å²) in [5.41, 5.74) is 9.01. The molecule has 1 aromatic rings. The molecule has 1 fully saturated rings. The third-order valence-corrected chi connectivity index (χ3v) is 4.68. The smallest absolute Gasteiger partial charge is 0.188 e. The molecule has 4 atom stereocenters. The fourth-order valence-electron chi connectivity index (χ4n) is 3.34. The molecule has 0 amide bonds. The topological polar surface area (TPSA) is 50.4 Å². The van der Waals surface area contributed by atoms with Gasteiger partial charge < -0.3 is 11.1 Å². The van der Waals surface area contributed by atoms with E-state index in [9.17, 15) is 0 Å². The molecule has 2 aliphatic carbocycles. The number of fused-ring (bicyclic) bond motifs is 3. The zero-order valence-electron chi connectivity index (χ0n) is 11.8. The number of nitrogens with one attached hydrogen (secondary N) is 1. The summed E-state index contributed by atoms with van der Waals surface area (Å²) >= 11 is 0. The summed E-state index contributed by atoms with van der Waals surface area (Å²) < 4.78 is 0. The number of guanidine groups is 1. The molecule has 0 bridgehead atoms. The molecule has 0 radical (unpaired) electrons. The molecule has 3 rings (SSSR count). The number of nitrogens with two attached hydrogens (primary N) is 1. The monoisotopic (exact) mass is 257 g/mol. The lowest BCUT2D eigenvalue weighted by Gasteiger charge is -2.12. The molecule has 1 aromatic carbocycles. The number of hydrogen-bond acceptors (Lipinski definition) is 1. The first-order valence-electron chi connectivity index (χ1n) is 7.35. The Labute approximate surface area is 115 Å². The summed E-state index contributed by atoms with van der Waals surface area (Å²) in [4.78, 5) is 4.51. The van der Waals surface area contributed by atoms with Crippen LogP contribution in [0.1, 0.15) is 37.3 Å². The average Bonchev–Trinajstić information content (AvgIpc) is 2.95. The van der Waals surface area contributed by atoms with E-state index < -0.39 is 0 Å². The predicted molar refractivity (Wildman–Crippen MR) is 79.2 cm³/mol. The van der Waals surface area contributed by atoms with E-state index in [1.807, 2.05) is 0 Å². The number of rotatable bonds is 4. The Bertz CT molecular complexity index is 495. The minimum Gasteiger partial charge on any atom is -0.370 e. The molecule has 0 aromatic heterocycles. The van der Waals surface area contributed by atoms with Crippen molar-refractivity contribution in [1.29, 1.82) is 0 Å². The van der Waals surface area contributed by atoms with Crippen LogP contribution in [0.4, 0.5) is 0 Å². The molecule has 0 saturated heterocycles. The van der Waals surface area contributed by atoms with Crippen LogP contribution in [-0.4, -0.2) is 18.5 Å². The summed E-state index contributed by atoms with van der Waals surface area (Å²) in [6, 6.07) is 9.25. The normalized spacial score (nSPS) is 29.6. The summed E-state index contributed by atoms with van der Waals surface area (Å²) in [5.74, 6) is 2.88. The highest BCUT2D eigenvalue weighted by molar-refractivity contribution is 5.78. The fourth-order valence-corrected chi connectivity index (χ4v) is 3.34. The molecule has 3 heteroatoms. The minimum atomic E-state index is 0.406. The summed E-state index contributed by atoms with van der Waals surface area (Å²) in [6.45, 7) is 5.15. The quantitative estimate of drug-likeness (QED) is 0.642. The third-order valence-electron chi connectivity index (χ3n) is 4.68. The van der Waals surface area contributed by atoms with Crippen molar-refractivity contribution < 1.29 is 0 Å². The lowest BCUT2D eigenvalue weighted by molar-refractivity contribution is 0.631. The van der Waals surface area contributed by atoms with E-state index >= 15 is 0 Å². The van der Waals surface area contributed by atoms with Crippen molar-refractivity contribution in [2.45, 2.75) is 38.6 Å². The van der Waals surface area contributed by atoms with E-state index in [0.717, 1.165) is 24.8 Å². The van der Waals surface area contributed by atoms with Gasteiger partial charge in [0.15, 0.2) is 5.96 Å². The van der Waals surface area contributed by atoms with Crippen LogP contribution >= 0.6 is 0 Å². The van der Waals surface area contributed by atoms with E-state index in [1.165, 1.54) is 6.42 Å². The largest absolute Gasteiger partial charge is 0.370 e. The number of nitrogens with zero attached hydrogens (tertiary/aromatic N) is 1. The summed E-state index contributed by atoms with van der Waals surface area (Å²) in [6.07, 6.45) is 2.30. The molecular formula is C16H23N3. The average molecular weight is 257 g/mol. The molecular weight excluding hydrogens is 234 g/mol. The molecule has 0 spiro atoms. The fraction of sp³-hybridized carbons (Fsp3) is 0.562. The minimum absolute atomic E-state index is 0.406. The number of aliphatic imine (C=N–C) groups is 1. The molecule has 3 nitrogen and oxygen atoms in total. The van der Waals surface area contributed by atoms with Crippen LogP contribution in [0.3, 0.4) is 0 Å². The Morgan fingerprint density at radius 3 is 3.05 bits per heavy atom. The Kier molecular flexibility index (Phi) is 3.21. The van der Waals surface area contributed by atoms with E-state index in [0.29, 0.717) is 17.9 Å². The lowest BCUT2D eigenvalue weighted by atomic mass is 10.0. The molecule has 0 heterocycles. The highest BCUT2D eigenvalue weighted by atomic mass is 15.1. The van der Waals surface area contributed by atoms with Gasteiger partial charge in [0, 0.05) is 12.6 Å². The van der Waals surface area contributed by atoms with Crippen LogP contribution < -0.4 is 11.1 Å². The van der Waals surface area contributed by atoms with Gasteiger partial charge in [-0.25, -0.2) is 0 Å². The van der Waals surface area contributed by atoms with Gasteiger partial charge in [-0.2, -0.15) is 0 Å². The van der Waals surface area contributed by atoms with Crippen LogP contribution in [-0.2, 0) is 6.42 Å². The highest BCUT2D eigenvalue weighted by Gasteiger charge is 2.54. The first-order chi connectivity index (χ1) is 9.20. The molecule has 3 N–H and O–H groups in total. The second-order valence-corrected chi connectivity index (χ2v) is 5.94. The first kappa shape index (κ1) is 12.5. The molecule has 4 unspecified atom stereocenters. The van der Waals surface area contributed by atoms with Crippen molar-refractivity contribution in [1.82, 2.24) is 5.32 Å². The van der Waals surface area contributed by atoms with Gasteiger partial charge in [0.1, 0.15) is 0 Å². The molecule has 19 heavy (non-hydrogen) atoms. The first-order valence-corrected chi connectivity index (χ1v) is 7.35. The van der Waals surface area contributed by atoms with Crippen molar-refractivity contribution in [2.24, 2.45) is 22.6 Å². The van der Waals surface area contributed by atoms with E-state index in [2.05, 4.69) is 48.4 Å². The van der Waals surface area contributed by atoms with Crippen LogP contribution in [0.2, 0.25) is 0 Å². The van der Waals surface area contributed by atoms with E-state index in [4.69, 9.17) is 5.73 Å². The Balaban J connectivity index is 1.57. The molecule has 102 valence electrons. The van der Waals surface area contributed by atoms with Gasteiger partial charge in [-0.05, 0) is 48.6 Å². The van der Waals surface area contributed by atoms with Gasteiger partial charge in [0.25, 0.3) is 0 Å². The maximum atomic E-state index is 5.91. The maximum Gasteiger partial charge on any atom is 0.188 e. The Morgan fingerprint density at radius 2 is 2.26 bits per heavy atom. The third kappa shape index (κ3) is 2.34. The Morgan fingerprint density at radius 1 is 1.47 bits per heavy atom. The van der Waals surface area contributed by atoms with Gasteiger partial charge in [-0.15, -0.1) is 0 Å². The lowest BCUT2D eigenvalue weighted by Crippen LogP contribution is -2.38. The van der Waals surface area contributed by atoms with E-state index in [-0.39, 0.29) is 0 Å². The number of hydrogen-bond donors (Lipinski definition) is 2. The van der Waals surface area contributed by atoms with Crippen LogP contribution in [0.5, 0.6) is 0 Å². The SMILES string of the molecule is CCC(C)NC(N)=NCC1C2Cc3ccccc3C12. The maximum absolute atomic E-state index is 5.91. The Hall–Kier alpha value is -1.51. The van der Waals surface area contributed by atoms with Gasteiger partial charge >= 0.3 is 0 Å². The van der Waals surface area contributed by atoms with Crippen molar-refractivity contribution >= 4 is 5.96 Å². The molecule has 1 saturated carbocycles. The zero-order valence-corrected chi connectivity index (χ0v) is 11.8. The van der Waals surface area contributed by atoms with Gasteiger partial charge in [-0.1, -0.05) is 31.2 Å². The van der Waals surface area contributed by atoms with Crippen molar-refractivity contribution in [2.75, 3.05) is 6.54 Å². The highest BCUT2D eigenvalue weighted by Crippen LogP contribution is 2.61. The zero-order chi connectivity index (χ0) is 13.4. The van der Waals surface area contributed by atoms with Crippen molar-refractivity contribution in [3.8, 4) is 0 Å². The van der Waals surface area contributed by atoms with Crippen molar-refractivity contribution in [3.05, 3.63) is 35.4 Å². The molecule has 2 aliphatic rings. The van der Waals surface area contributed by atoms with Crippen LogP contribution in [0.25, 0.3) is 0 Å². The van der Waals surface area contributed by atoms with Crippen molar-refractivity contribution in [3.63, 3.8) is 0 Å².